The van der Waals surface area contributed by atoms with Crippen molar-refractivity contribution in [2.75, 3.05) is 12.4 Å². The minimum atomic E-state index is -0.612. The molecule has 0 bridgehead atoms. The number of nitrogens with zero attached hydrogens (tertiary/aromatic N) is 2. The number of methoxy groups -OCH3 is 1. The van der Waals surface area contributed by atoms with E-state index in [0.29, 0.717) is 16.6 Å². The number of rotatable bonds is 5. The van der Waals surface area contributed by atoms with Crippen LogP contribution in [0.1, 0.15) is 20.8 Å². The fourth-order valence-corrected chi connectivity index (χ4v) is 2.92. The number of aromatic nitrogens is 2. The number of hydrogen-bond acceptors (Lipinski definition) is 6. The van der Waals surface area contributed by atoms with E-state index in [4.69, 9.17) is 10.5 Å². The van der Waals surface area contributed by atoms with Crippen LogP contribution >= 0.6 is 11.3 Å². The average molecular weight is 354 g/mol. The molecule has 8 heteroatoms. The van der Waals surface area contributed by atoms with E-state index < -0.39 is 11.8 Å². The van der Waals surface area contributed by atoms with Gasteiger partial charge in [-0.3, -0.25) is 9.59 Å². The lowest BCUT2D eigenvalue weighted by molar-refractivity contribution is 0.100. The maximum Gasteiger partial charge on any atom is 0.275 e. The quantitative estimate of drug-likeness (QED) is 0.732. The topological polar surface area (TPSA) is 107 Å². The second-order valence-corrected chi connectivity index (χ2v) is 5.85. The number of para-hydroxylation sites is 1. The van der Waals surface area contributed by atoms with Gasteiger partial charge in [-0.2, -0.15) is 0 Å². The molecule has 1 aromatic carbocycles. The lowest BCUT2D eigenvalue weighted by atomic mass is 10.1. The van der Waals surface area contributed by atoms with Crippen LogP contribution in [0.2, 0.25) is 0 Å². The molecule has 7 nitrogen and oxygen atoms in total. The first-order valence-electron chi connectivity index (χ1n) is 7.24. The fraction of sp³-hybridized carbons (Fsp3) is 0.0588. The molecular weight excluding hydrogens is 340 g/mol. The monoisotopic (exact) mass is 354 g/mol. The molecule has 0 atom stereocenters. The van der Waals surface area contributed by atoms with E-state index in [-0.39, 0.29) is 11.3 Å². The highest BCUT2D eigenvalue weighted by Crippen LogP contribution is 2.25. The predicted octanol–water partition coefficient (Wildman–Crippen LogP) is 2.56. The van der Waals surface area contributed by atoms with Crippen LogP contribution in [0.4, 0.5) is 5.69 Å². The zero-order valence-electron chi connectivity index (χ0n) is 13.2. The third-order valence-corrected chi connectivity index (χ3v) is 4.26. The van der Waals surface area contributed by atoms with Gasteiger partial charge in [0.25, 0.3) is 11.8 Å². The van der Waals surface area contributed by atoms with Crippen molar-refractivity contribution in [2.24, 2.45) is 5.73 Å². The number of carbonyl (C=O) groups is 2. The van der Waals surface area contributed by atoms with E-state index in [0.717, 1.165) is 5.56 Å². The summed E-state index contributed by atoms with van der Waals surface area (Å²) >= 11 is 1.32. The first kappa shape index (κ1) is 16.6. The molecule has 0 aliphatic carbocycles. The van der Waals surface area contributed by atoms with Gasteiger partial charge in [0.15, 0.2) is 0 Å². The Labute approximate surface area is 147 Å². The van der Waals surface area contributed by atoms with Crippen molar-refractivity contribution in [3.8, 4) is 16.5 Å². The number of anilines is 1. The van der Waals surface area contributed by atoms with Gasteiger partial charge >= 0.3 is 0 Å². The van der Waals surface area contributed by atoms with Gasteiger partial charge in [-0.25, -0.2) is 9.97 Å². The van der Waals surface area contributed by atoms with Crippen LogP contribution in [0.25, 0.3) is 10.6 Å². The number of nitrogens with two attached hydrogens (primary N) is 1. The number of benzene rings is 1. The van der Waals surface area contributed by atoms with Crippen molar-refractivity contribution in [1.82, 2.24) is 9.97 Å². The van der Waals surface area contributed by atoms with Gasteiger partial charge < -0.3 is 15.8 Å². The summed E-state index contributed by atoms with van der Waals surface area (Å²) in [5.74, 6) is -0.529. The van der Waals surface area contributed by atoms with E-state index in [1.54, 1.807) is 41.9 Å². The van der Waals surface area contributed by atoms with E-state index in [1.165, 1.54) is 18.4 Å². The Hall–Kier alpha value is -3.26. The highest BCUT2D eigenvalue weighted by atomic mass is 32.1. The van der Waals surface area contributed by atoms with Crippen molar-refractivity contribution in [3.05, 3.63) is 59.2 Å². The normalized spacial score (nSPS) is 10.3. The Morgan fingerprint density at radius 3 is 2.68 bits per heavy atom. The minimum Gasteiger partial charge on any atom is -0.481 e. The van der Waals surface area contributed by atoms with Crippen molar-refractivity contribution >= 4 is 28.8 Å². The Bertz CT molecular complexity index is 922. The van der Waals surface area contributed by atoms with Gasteiger partial charge in [-0.05, 0) is 18.2 Å². The second-order valence-electron chi connectivity index (χ2n) is 4.99. The van der Waals surface area contributed by atoms with Gasteiger partial charge in [0.05, 0.1) is 18.4 Å². The number of amides is 2. The number of primary amides is 1. The van der Waals surface area contributed by atoms with Crippen LogP contribution in [0, 0.1) is 0 Å². The van der Waals surface area contributed by atoms with Crippen LogP contribution in [0.5, 0.6) is 5.88 Å². The molecule has 2 heterocycles. The maximum absolute atomic E-state index is 12.4. The van der Waals surface area contributed by atoms with Gasteiger partial charge in [0.2, 0.25) is 5.88 Å². The Morgan fingerprint density at radius 1 is 1.20 bits per heavy atom. The highest BCUT2D eigenvalue weighted by Gasteiger charge is 2.15. The maximum atomic E-state index is 12.4. The Balaban J connectivity index is 1.80. The van der Waals surface area contributed by atoms with Crippen LogP contribution in [-0.2, 0) is 0 Å². The minimum absolute atomic E-state index is 0.241. The Kier molecular flexibility index (Phi) is 4.71. The molecule has 3 aromatic rings. The third kappa shape index (κ3) is 3.64. The SMILES string of the molecule is COc1ccc(-c2nc(C(=O)Nc3ccccc3C(N)=O)cs2)cn1. The highest BCUT2D eigenvalue weighted by molar-refractivity contribution is 7.13. The number of pyridine rings is 1. The lowest BCUT2D eigenvalue weighted by Crippen LogP contribution is -2.18. The summed E-state index contributed by atoms with van der Waals surface area (Å²) in [6.45, 7) is 0. The van der Waals surface area contributed by atoms with E-state index in [9.17, 15) is 9.59 Å². The number of nitrogens with one attached hydrogen (secondary N) is 1. The molecule has 3 rings (SSSR count). The molecule has 2 aromatic heterocycles. The van der Waals surface area contributed by atoms with Gasteiger partial charge in [-0.15, -0.1) is 11.3 Å². The van der Waals surface area contributed by atoms with Crippen LogP contribution in [0.3, 0.4) is 0 Å². The molecule has 2 amide bonds. The molecule has 0 unspecified atom stereocenters. The predicted molar refractivity (Wildman–Crippen MR) is 94.8 cm³/mol. The largest absolute Gasteiger partial charge is 0.481 e. The summed E-state index contributed by atoms with van der Waals surface area (Å²) in [7, 11) is 1.54. The summed E-state index contributed by atoms with van der Waals surface area (Å²) in [5.41, 5.74) is 6.93. The molecule has 0 aliphatic heterocycles. The lowest BCUT2D eigenvalue weighted by Gasteiger charge is -2.07. The van der Waals surface area contributed by atoms with Crippen molar-refractivity contribution in [3.63, 3.8) is 0 Å². The summed E-state index contributed by atoms with van der Waals surface area (Å²) in [4.78, 5) is 32.2. The molecular formula is C17H14N4O3S. The van der Waals surface area contributed by atoms with Crippen LogP contribution in [0.15, 0.2) is 48.0 Å². The number of thiazole rings is 1. The molecule has 0 spiro atoms. The number of carbonyl (C=O) groups excluding carboxylic acids is 2. The van der Waals surface area contributed by atoms with E-state index in [1.807, 2.05) is 6.07 Å². The molecule has 0 saturated heterocycles. The zero-order chi connectivity index (χ0) is 17.8. The molecule has 0 aliphatic rings. The first-order chi connectivity index (χ1) is 12.1. The van der Waals surface area contributed by atoms with Gasteiger partial charge in [-0.1, -0.05) is 12.1 Å². The Morgan fingerprint density at radius 2 is 2.00 bits per heavy atom. The average Bonchev–Trinajstić information content (AvgIpc) is 3.12. The van der Waals surface area contributed by atoms with Crippen LogP contribution < -0.4 is 15.8 Å². The number of hydrogen-bond donors (Lipinski definition) is 2. The number of ether oxygens (including phenoxy) is 1. The standard InChI is InChI=1S/C17H14N4O3S/c1-24-14-7-6-10(8-19-14)17-21-13(9-25-17)16(23)20-12-5-3-2-4-11(12)15(18)22/h2-9H,1H3,(H2,18,22)(H,20,23). The smallest absolute Gasteiger partial charge is 0.275 e. The fourth-order valence-electron chi connectivity index (χ4n) is 2.13. The molecule has 0 saturated carbocycles. The van der Waals surface area contributed by atoms with Gasteiger partial charge in [0, 0.05) is 23.2 Å². The van der Waals surface area contributed by atoms with E-state index >= 15 is 0 Å². The first-order valence-corrected chi connectivity index (χ1v) is 8.12. The molecule has 0 fully saturated rings. The summed E-state index contributed by atoms with van der Waals surface area (Å²) in [6, 6.07) is 10.1. The summed E-state index contributed by atoms with van der Waals surface area (Å²) in [5, 5.41) is 4.96. The van der Waals surface area contributed by atoms with Crippen LogP contribution in [-0.4, -0.2) is 28.9 Å². The van der Waals surface area contributed by atoms with Gasteiger partial charge in [0.1, 0.15) is 10.7 Å². The summed E-state index contributed by atoms with van der Waals surface area (Å²) < 4.78 is 5.02. The third-order valence-electron chi connectivity index (χ3n) is 3.37. The van der Waals surface area contributed by atoms with E-state index in [2.05, 4.69) is 15.3 Å². The second kappa shape index (κ2) is 7.10. The van der Waals surface area contributed by atoms with Crippen molar-refractivity contribution in [2.45, 2.75) is 0 Å². The summed E-state index contributed by atoms with van der Waals surface area (Å²) in [6.07, 6.45) is 1.63. The molecule has 25 heavy (non-hydrogen) atoms. The zero-order valence-corrected chi connectivity index (χ0v) is 14.0. The molecule has 126 valence electrons. The molecule has 3 N–H and O–H groups in total. The molecule has 0 radical (unpaired) electrons. The van der Waals surface area contributed by atoms with Crippen molar-refractivity contribution in [1.29, 1.82) is 0 Å². The van der Waals surface area contributed by atoms with Crippen molar-refractivity contribution < 1.29 is 14.3 Å².